The first kappa shape index (κ1) is 16.0. The number of methoxy groups -OCH3 is 1. The fraction of sp³-hybridized carbons (Fsp3) is 0.611. The molecule has 0 radical (unpaired) electrons. The van der Waals surface area contributed by atoms with Crippen LogP contribution in [0.3, 0.4) is 0 Å². The van der Waals surface area contributed by atoms with Crippen molar-refractivity contribution in [2.45, 2.75) is 46.5 Å². The van der Waals surface area contributed by atoms with Crippen molar-refractivity contribution < 1.29 is 13.9 Å². The Kier molecular flexibility index (Phi) is 4.70. The molecule has 0 N–H and O–H groups in total. The molecule has 21 heavy (non-hydrogen) atoms. The summed E-state index contributed by atoms with van der Waals surface area (Å²) in [6.45, 7) is 6.70. The molecule has 2 unspecified atom stereocenters. The van der Waals surface area contributed by atoms with Crippen LogP contribution in [-0.4, -0.2) is 12.9 Å². The van der Waals surface area contributed by atoms with Gasteiger partial charge < -0.3 is 4.74 Å². The van der Waals surface area contributed by atoms with E-state index < -0.39 is 0 Å². The fourth-order valence-electron chi connectivity index (χ4n) is 3.22. The summed E-state index contributed by atoms with van der Waals surface area (Å²) < 4.78 is 18.7. The van der Waals surface area contributed by atoms with Gasteiger partial charge in [-0.15, -0.1) is 0 Å². The second-order valence-corrected chi connectivity index (χ2v) is 7.17. The van der Waals surface area contributed by atoms with Crippen molar-refractivity contribution >= 4 is 5.78 Å². The molecule has 0 spiro atoms. The lowest BCUT2D eigenvalue weighted by Crippen LogP contribution is -2.33. The van der Waals surface area contributed by atoms with Crippen molar-refractivity contribution in [3.63, 3.8) is 0 Å². The Balaban J connectivity index is 2.10. The smallest absolute Gasteiger partial charge is 0.165 e. The molecular weight excluding hydrogens is 267 g/mol. The number of hydrogen-bond donors (Lipinski definition) is 0. The Bertz CT molecular complexity index is 516. The summed E-state index contributed by atoms with van der Waals surface area (Å²) in [6, 6.07) is 4.99. The number of hydrogen-bond acceptors (Lipinski definition) is 2. The Morgan fingerprint density at radius 3 is 2.62 bits per heavy atom. The van der Waals surface area contributed by atoms with Gasteiger partial charge >= 0.3 is 0 Å². The van der Waals surface area contributed by atoms with E-state index in [0.29, 0.717) is 24.5 Å². The number of Topliss-reactive ketones (excluding diaryl/α,β-unsaturated/α-hetero) is 1. The molecule has 2 atom stereocenters. The highest BCUT2D eigenvalue weighted by molar-refractivity contribution is 5.82. The second kappa shape index (κ2) is 6.17. The molecule has 0 aliphatic heterocycles. The van der Waals surface area contributed by atoms with Crippen LogP contribution < -0.4 is 4.74 Å². The first-order valence-corrected chi connectivity index (χ1v) is 7.66. The van der Waals surface area contributed by atoms with Crippen molar-refractivity contribution in [3.05, 3.63) is 29.6 Å². The fourth-order valence-corrected chi connectivity index (χ4v) is 3.22. The third kappa shape index (κ3) is 3.84. The zero-order valence-electron chi connectivity index (χ0n) is 13.4. The lowest BCUT2D eigenvalue weighted by atomic mass is 9.67. The van der Waals surface area contributed by atoms with Gasteiger partial charge in [-0.3, -0.25) is 4.79 Å². The van der Waals surface area contributed by atoms with Gasteiger partial charge in [0.25, 0.3) is 0 Å². The van der Waals surface area contributed by atoms with E-state index in [1.807, 2.05) is 6.07 Å². The summed E-state index contributed by atoms with van der Waals surface area (Å²) in [5, 5.41) is 0. The summed E-state index contributed by atoms with van der Waals surface area (Å²) in [5.74, 6) is 0.803. The molecule has 1 aromatic carbocycles. The topological polar surface area (TPSA) is 26.3 Å². The van der Waals surface area contributed by atoms with E-state index in [0.717, 1.165) is 18.4 Å². The Labute approximate surface area is 126 Å². The quantitative estimate of drug-likeness (QED) is 0.825. The van der Waals surface area contributed by atoms with Crippen LogP contribution in [0.2, 0.25) is 0 Å². The first-order chi connectivity index (χ1) is 9.81. The number of halogens is 1. The number of benzene rings is 1. The number of ketones is 1. The highest BCUT2D eigenvalue weighted by Crippen LogP contribution is 2.40. The Morgan fingerprint density at radius 2 is 2.05 bits per heavy atom. The number of carbonyl (C=O) groups is 1. The van der Waals surface area contributed by atoms with Gasteiger partial charge in [0.05, 0.1) is 7.11 Å². The summed E-state index contributed by atoms with van der Waals surface area (Å²) in [5.41, 5.74) is 1.10. The van der Waals surface area contributed by atoms with Crippen molar-refractivity contribution in [3.8, 4) is 5.75 Å². The lowest BCUT2D eigenvalue weighted by Gasteiger charge is -2.37. The van der Waals surface area contributed by atoms with E-state index in [9.17, 15) is 9.18 Å². The van der Waals surface area contributed by atoms with Crippen LogP contribution in [0, 0.1) is 23.1 Å². The predicted octanol–water partition coefficient (Wildman–Crippen LogP) is 4.41. The highest BCUT2D eigenvalue weighted by Gasteiger charge is 2.34. The Hall–Kier alpha value is -1.38. The lowest BCUT2D eigenvalue weighted by molar-refractivity contribution is -0.126. The van der Waals surface area contributed by atoms with Crippen LogP contribution in [0.1, 0.15) is 45.6 Å². The number of rotatable bonds is 3. The van der Waals surface area contributed by atoms with E-state index in [2.05, 4.69) is 20.8 Å². The molecular formula is C18H25FO2. The van der Waals surface area contributed by atoms with Crippen LogP contribution in [0.25, 0.3) is 0 Å². The van der Waals surface area contributed by atoms with Crippen LogP contribution in [0.5, 0.6) is 5.75 Å². The average molecular weight is 292 g/mol. The average Bonchev–Trinajstić information content (AvgIpc) is 2.40. The van der Waals surface area contributed by atoms with Crippen LogP contribution in [0.4, 0.5) is 4.39 Å². The maximum absolute atomic E-state index is 13.8. The highest BCUT2D eigenvalue weighted by atomic mass is 19.1. The van der Waals surface area contributed by atoms with Crippen molar-refractivity contribution in [1.29, 1.82) is 0 Å². The molecule has 1 aliphatic rings. The van der Waals surface area contributed by atoms with Crippen molar-refractivity contribution in [1.82, 2.24) is 0 Å². The number of ether oxygens (including phenoxy) is 1. The maximum atomic E-state index is 13.8. The molecule has 0 heterocycles. The van der Waals surface area contributed by atoms with Gasteiger partial charge in [-0.1, -0.05) is 26.8 Å². The normalized spacial score (nSPS) is 23.2. The van der Waals surface area contributed by atoms with Crippen molar-refractivity contribution in [2.24, 2.45) is 17.3 Å². The van der Waals surface area contributed by atoms with Gasteiger partial charge in [0.15, 0.2) is 11.6 Å². The molecule has 1 saturated carbocycles. The van der Waals surface area contributed by atoms with E-state index in [-0.39, 0.29) is 22.9 Å². The number of carbonyl (C=O) groups excluding carboxylic acids is 1. The summed E-state index contributed by atoms with van der Waals surface area (Å²) in [7, 11) is 1.46. The van der Waals surface area contributed by atoms with E-state index in [1.54, 1.807) is 6.07 Å². The molecule has 1 aromatic rings. The third-order valence-electron chi connectivity index (χ3n) is 4.69. The van der Waals surface area contributed by atoms with Gasteiger partial charge in [-0.2, -0.15) is 0 Å². The Morgan fingerprint density at radius 1 is 1.33 bits per heavy atom. The minimum Gasteiger partial charge on any atom is -0.494 e. The standard InChI is InChI=1S/C18H25FO2/c1-18(2,3)14-6-7-16(20)13(11-14)9-12-5-8-17(21-4)15(19)10-12/h5,8,10,13-14H,6-7,9,11H2,1-4H3. The van der Waals surface area contributed by atoms with Crippen LogP contribution in [-0.2, 0) is 11.2 Å². The first-order valence-electron chi connectivity index (χ1n) is 7.66. The molecule has 0 saturated heterocycles. The summed E-state index contributed by atoms with van der Waals surface area (Å²) in [6.07, 6.45) is 3.18. The summed E-state index contributed by atoms with van der Waals surface area (Å²) >= 11 is 0. The molecule has 3 heteroatoms. The summed E-state index contributed by atoms with van der Waals surface area (Å²) in [4.78, 5) is 12.2. The van der Waals surface area contributed by atoms with E-state index in [1.165, 1.54) is 13.2 Å². The van der Waals surface area contributed by atoms with E-state index in [4.69, 9.17) is 4.74 Å². The molecule has 0 bridgehead atoms. The van der Waals surface area contributed by atoms with Gasteiger partial charge in [-0.05, 0) is 48.3 Å². The van der Waals surface area contributed by atoms with Gasteiger partial charge in [0.1, 0.15) is 5.78 Å². The SMILES string of the molecule is COc1ccc(CC2CC(C(C)(C)C)CCC2=O)cc1F. The zero-order valence-corrected chi connectivity index (χ0v) is 13.4. The predicted molar refractivity (Wildman–Crippen MR) is 81.9 cm³/mol. The van der Waals surface area contributed by atoms with Crippen LogP contribution >= 0.6 is 0 Å². The molecule has 0 amide bonds. The molecule has 0 aromatic heterocycles. The van der Waals surface area contributed by atoms with Crippen molar-refractivity contribution in [2.75, 3.05) is 7.11 Å². The minimum atomic E-state index is -0.356. The van der Waals surface area contributed by atoms with E-state index >= 15 is 0 Å². The molecule has 2 rings (SSSR count). The molecule has 1 aliphatic carbocycles. The van der Waals surface area contributed by atoms with Gasteiger partial charge in [0.2, 0.25) is 0 Å². The zero-order chi connectivity index (χ0) is 15.6. The third-order valence-corrected chi connectivity index (χ3v) is 4.69. The largest absolute Gasteiger partial charge is 0.494 e. The second-order valence-electron chi connectivity index (χ2n) is 7.17. The maximum Gasteiger partial charge on any atom is 0.165 e. The van der Waals surface area contributed by atoms with Gasteiger partial charge in [0, 0.05) is 12.3 Å². The molecule has 1 fully saturated rings. The molecule has 2 nitrogen and oxygen atoms in total. The minimum absolute atomic E-state index is 0.0239. The monoisotopic (exact) mass is 292 g/mol. The van der Waals surface area contributed by atoms with Crippen LogP contribution in [0.15, 0.2) is 18.2 Å². The molecule has 116 valence electrons. The van der Waals surface area contributed by atoms with Gasteiger partial charge in [-0.25, -0.2) is 4.39 Å².